The van der Waals surface area contributed by atoms with Crippen LogP contribution in [-0.4, -0.2) is 45.5 Å². The Labute approximate surface area is 141 Å². The molecule has 3 heterocycles. The molecular formula is C13H18BrClN4O3. The summed E-state index contributed by atoms with van der Waals surface area (Å²) in [5.41, 5.74) is -1.05. The van der Waals surface area contributed by atoms with Gasteiger partial charge < -0.3 is 10.2 Å². The van der Waals surface area contributed by atoms with Gasteiger partial charge in [0, 0.05) is 31.4 Å². The van der Waals surface area contributed by atoms with E-state index < -0.39 is 11.2 Å². The fourth-order valence-electron chi connectivity index (χ4n) is 3.02. The molecule has 0 radical (unpaired) electrons. The van der Waals surface area contributed by atoms with Gasteiger partial charge >= 0.3 is 5.69 Å². The van der Waals surface area contributed by atoms with Crippen molar-refractivity contribution in [1.29, 1.82) is 0 Å². The first-order chi connectivity index (χ1) is 10.0. The summed E-state index contributed by atoms with van der Waals surface area (Å²) in [5, 5.41) is 3.51. The van der Waals surface area contributed by atoms with Gasteiger partial charge in [-0.1, -0.05) is 0 Å². The summed E-state index contributed by atoms with van der Waals surface area (Å²) >= 11 is 3.07. The zero-order valence-electron chi connectivity index (χ0n) is 11.9. The van der Waals surface area contributed by atoms with E-state index in [0.717, 1.165) is 12.8 Å². The van der Waals surface area contributed by atoms with Crippen molar-refractivity contribution in [1.82, 2.24) is 19.8 Å². The number of nitrogens with zero attached hydrogens (tertiary/aromatic N) is 2. The Balaban J connectivity index is 0.00000176. The van der Waals surface area contributed by atoms with E-state index in [9.17, 15) is 14.4 Å². The predicted molar refractivity (Wildman–Crippen MR) is 87.4 cm³/mol. The number of aromatic nitrogens is 2. The van der Waals surface area contributed by atoms with Crippen molar-refractivity contribution in [2.75, 3.05) is 13.1 Å². The molecule has 22 heavy (non-hydrogen) atoms. The molecule has 1 aromatic rings. The second kappa shape index (κ2) is 6.97. The van der Waals surface area contributed by atoms with Gasteiger partial charge in [0.25, 0.3) is 5.56 Å². The molecule has 2 bridgehead atoms. The monoisotopic (exact) mass is 392 g/mol. The molecule has 2 fully saturated rings. The van der Waals surface area contributed by atoms with Crippen LogP contribution >= 0.6 is 28.3 Å². The number of H-pyrrole nitrogens is 1. The minimum absolute atomic E-state index is 0. The van der Waals surface area contributed by atoms with Crippen LogP contribution in [-0.2, 0) is 11.3 Å². The average molecular weight is 394 g/mol. The van der Waals surface area contributed by atoms with E-state index in [1.165, 1.54) is 17.2 Å². The van der Waals surface area contributed by atoms with Crippen molar-refractivity contribution in [3.63, 3.8) is 0 Å². The van der Waals surface area contributed by atoms with Gasteiger partial charge in [-0.2, -0.15) is 0 Å². The molecule has 0 aliphatic carbocycles. The third-order valence-electron chi connectivity index (χ3n) is 4.15. The highest BCUT2D eigenvalue weighted by atomic mass is 79.9. The smallest absolute Gasteiger partial charge is 0.328 e. The highest BCUT2D eigenvalue weighted by Gasteiger charge is 2.31. The van der Waals surface area contributed by atoms with Gasteiger partial charge in [0.1, 0.15) is 6.54 Å². The van der Waals surface area contributed by atoms with E-state index in [-0.39, 0.29) is 29.3 Å². The summed E-state index contributed by atoms with van der Waals surface area (Å²) in [6.45, 7) is 1.35. The fraction of sp³-hybridized carbons (Fsp3) is 0.615. The first-order valence-corrected chi connectivity index (χ1v) is 7.85. The highest BCUT2D eigenvalue weighted by Crippen LogP contribution is 2.20. The first-order valence-electron chi connectivity index (χ1n) is 7.06. The van der Waals surface area contributed by atoms with E-state index in [1.807, 2.05) is 4.90 Å². The lowest BCUT2D eigenvalue weighted by Gasteiger charge is -2.24. The van der Waals surface area contributed by atoms with Gasteiger partial charge in [-0.3, -0.25) is 19.1 Å². The SMILES string of the molecule is Cl.O=C(Cn1cc(Br)c(=O)[nH]c1=O)N1CCC2CCC(C1)N2. The zero-order valence-corrected chi connectivity index (χ0v) is 14.3. The van der Waals surface area contributed by atoms with Crippen LogP contribution in [0.15, 0.2) is 20.3 Å². The normalized spacial score (nSPS) is 23.8. The fourth-order valence-corrected chi connectivity index (χ4v) is 3.36. The number of fused-ring (bicyclic) bond motifs is 2. The zero-order chi connectivity index (χ0) is 15.0. The molecule has 2 atom stereocenters. The van der Waals surface area contributed by atoms with Crippen LogP contribution in [0.2, 0.25) is 0 Å². The summed E-state index contributed by atoms with van der Waals surface area (Å²) in [4.78, 5) is 39.4. The minimum atomic E-state index is -0.564. The first kappa shape index (κ1) is 17.2. The van der Waals surface area contributed by atoms with Crippen molar-refractivity contribution >= 4 is 34.2 Å². The van der Waals surface area contributed by atoms with Crippen LogP contribution in [0.5, 0.6) is 0 Å². The largest absolute Gasteiger partial charge is 0.340 e. The van der Waals surface area contributed by atoms with Crippen LogP contribution < -0.4 is 16.6 Å². The molecule has 0 aromatic carbocycles. The Bertz CT molecular complexity index is 674. The van der Waals surface area contributed by atoms with Crippen LogP contribution in [0.3, 0.4) is 0 Å². The lowest BCUT2D eigenvalue weighted by atomic mass is 10.1. The lowest BCUT2D eigenvalue weighted by Crippen LogP contribution is -2.42. The second-order valence-corrected chi connectivity index (χ2v) is 6.48. The summed E-state index contributed by atoms with van der Waals surface area (Å²) in [5.74, 6) is -0.0922. The second-order valence-electron chi connectivity index (χ2n) is 5.63. The molecule has 3 rings (SSSR count). The number of likely N-dealkylation sites (tertiary alicyclic amines) is 1. The third kappa shape index (κ3) is 3.61. The lowest BCUT2D eigenvalue weighted by molar-refractivity contribution is -0.132. The quantitative estimate of drug-likeness (QED) is 0.745. The summed E-state index contributed by atoms with van der Waals surface area (Å²) in [6.07, 6.45) is 4.59. The molecule has 122 valence electrons. The molecule has 1 amide bonds. The summed E-state index contributed by atoms with van der Waals surface area (Å²) in [6, 6.07) is 0.873. The maximum absolute atomic E-state index is 12.4. The van der Waals surface area contributed by atoms with Crippen LogP contribution in [0.1, 0.15) is 19.3 Å². The molecular weight excluding hydrogens is 376 g/mol. The number of aromatic amines is 1. The third-order valence-corrected chi connectivity index (χ3v) is 4.71. The highest BCUT2D eigenvalue weighted by molar-refractivity contribution is 9.10. The summed E-state index contributed by atoms with van der Waals surface area (Å²) in [7, 11) is 0. The van der Waals surface area contributed by atoms with Gasteiger partial charge in [-0.05, 0) is 35.2 Å². The Hall–Kier alpha value is -1.12. The van der Waals surface area contributed by atoms with E-state index in [0.29, 0.717) is 25.2 Å². The Morgan fingerprint density at radius 2 is 2.00 bits per heavy atom. The van der Waals surface area contributed by atoms with E-state index in [4.69, 9.17) is 0 Å². The number of hydrogen-bond acceptors (Lipinski definition) is 4. The average Bonchev–Trinajstić information content (AvgIpc) is 2.75. The molecule has 7 nitrogen and oxygen atoms in total. The van der Waals surface area contributed by atoms with Crippen LogP contribution in [0.25, 0.3) is 0 Å². The molecule has 9 heteroatoms. The Morgan fingerprint density at radius 1 is 1.27 bits per heavy atom. The number of hydrogen-bond donors (Lipinski definition) is 2. The van der Waals surface area contributed by atoms with Gasteiger partial charge in [0.2, 0.25) is 5.91 Å². The molecule has 2 unspecified atom stereocenters. The number of amides is 1. The maximum Gasteiger partial charge on any atom is 0.328 e. The van der Waals surface area contributed by atoms with Gasteiger partial charge in [0.05, 0.1) is 4.47 Å². The molecule has 2 saturated heterocycles. The van der Waals surface area contributed by atoms with Crippen molar-refractivity contribution in [2.45, 2.75) is 37.9 Å². The maximum atomic E-state index is 12.4. The molecule has 0 spiro atoms. The minimum Gasteiger partial charge on any atom is -0.340 e. The predicted octanol–water partition coefficient (Wildman–Crippen LogP) is 0.0738. The van der Waals surface area contributed by atoms with Gasteiger partial charge in [-0.15, -0.1) is 12.4 Å². The number of halogens is 2. The van der Waals surface area contributed by atoms with Crippen molar-refractivity contribution in [3.8, 4) is 0 Å². The van der Waals surface area contributed by atoms with E-state index in [2.05, 4.69) is 26.2 Å². The van der Waals surface area contributed by atoms with Crippen LogP contribution in [0.4, 0.5) is 0 Å². The van der Waals surface area contributed by atoms with Crippen molar-refractivity contribution in [2.24, 2.45) is 0 Å². The number of nitrogens with one attached hydrogen (secondary N) is 2. The van der Waals surface area contributed by atoms with Crippen LogP contribution in [0, 0.1) is 0 Å². The molecule has 0 saturated carbocycles. The molecule has 2 N–H and O–H groups in total. The number of carbonyl (C=O) groups excluding carboxylic acids is 1. The molecule has 1 aromatic heterocycles. The summed E-state index contributed by atoms with van der Waals surface area (Å²) < 4.78 is 1.47. The van der Waals surface area contributed by atoms with E-state index >= 15 is 0 Å². The molecule has 2 aliphatic rings. The van der Waals surface area contributed by atoms with E-state index in [1.54, 1.807) is 0 Å². The van der Waals surface area contributed by atoms with Gasteiger partial charge in [0.15, 0.2) is 0 Å². The number of carbonyl (C=O) groups is 1. The van der Waals surface area contributed by atoms with Gasteiger partial charge in [-0.25, -0.2) is 4.79 Å². The Morgan fingerprint density at radius 3 is 2.77 bits per heavy atom. The molecule has 2 aliphatic heterocycles. The van der Waals surface area contributed by atoms with Crippen molar-refractivity contribution in [3.05, 3.63) is 31.5 Å². The van der Waals surface area contributed by atoms with Crippen molar-refractivity contribution < 1.29 is 4.79 Å². The Kier molecular flexibility index (Phi) is 5.46. The number of rotatable bonds is 2. The standard InChI is InChI=1S/C13H17BrN4O3.ClH/c14-10-6-18(13(21)16-12(10)20)7-11(19)17-4-3-8-1-2-9(5-17)15-8;/h6,8-9,15H,1-5,7H2,(H,16,20,21);1H. The topological polar surface area (TPSA) is 87.2 Å².